The normalized spacial score (nSPS) is 11.1. The molecule has 0 radical (unpaired) electrons. The summed E-state index contributed by atoms with van der Waals surface area (Å²) in [5.74, 6) is -2.57. The van der Waals surface area contributed by atoms with Crippen molar-refractivity contribution in [3.8, 4) is 0 Å². The zero-order valence-corrected chi connectivity index (χ0v) is 11.8. The van der Waals surface area contributed by atoms with Crippen LogP contribution < -0.4 is 4.72 Å². The van der Waals surface area contributed by atoms with Crippen LogP contribution in [0.25, 0.3) is 0 Å². The summed E-state index contributed by atoms with van der Waals surface area (Å²) in [6, 6.07) is 5.22. The van der Waals surface area contributed by atoms with E-state index in [1.807, 2.05) is 0 Å². The first-order chi connectivity index (χ1) is 9.79. The lowest BCUT2D eigenvalue weighted by Crippen LogP contribution is -2.16. The summed E-state index contributed by atoms with van der Waals surface area (Å²) in [5, 5.41) is 9.02. The monoisotopic (exact) mass is 330 g/mol. The molecule has 0 aliphatic carbocycles. The maximum absolute atomic E-state index is 13.7. The van der Waals surface area contributed by atoms with Crippen LogP contribution in [0.15, 0.2) is 41.4 Å². The summed E-state index contributed by atoms with van der Waals surface area (Å²) in [6.45, 7) is 0. The fourth-order valence-electron chi connectivity index (χ4n) is 1.48. The Hall–Kier alpha value is -2.19. The molecule has 1 aromatic carbocycles. The molecule has 110 valence electrons. The van der Waals surface area contributed by atoms with Crippen LogP contribution in [-0.2, 0) is 10.0 Å². The van der Waals surface area contributed by atoms with E-state index in [2.05, 4.69) is 9.71 Å². The molecule has 0 fully saturated rings. The number of carboxylic acids is 1. The van der Waals surface area contributed by atoms with E-state index in [9.17, 15) is 17.6 Å². The first kappa shape index (κ1) is 15.2. The minimum absolute atomic E-state index is 0.0406. The SMILES string of the molecule is O=C(O)c1ccc(S(=O)(=O)Nc2ccc(Cl)cn2)c(F)c1. The number of hydrogen-bond donors (Lipinski definition) is 2. The Kier molecular flexibility index (Phi) is 4.10. The molecule has 1 aromatic heterocycles. The highest BCUT2D eigenvalue weighted by Crippen LogP contribution is 2.19. The lowest BCUT2D eigenvalue weighted by atomic mass is 10.2. The molecule has 0 atom stereocenters. The number of aromatic nitrogens is 1. The Labute approximate surface area is 124 Å². The maximum Gasteiger partial charge on any atom is 0.335 e. The van der Waals surface area contributed by atoms with E-state index < -0.39 is 26.7 Å². The van der Waals surface area contributed by atoms with Crippen LogP contribution in [0, 0.1) is 5.82 Å². The standard InChI is InChI=1S/C12H8ClFN2O4S/c13-8-2-4-11(15-6-8)16-21(19,20)10-3-1-7(12(17)18)5-9(10)14/h1-6H,(H,15,16)(H,17,18). The minimum Gasteiger partial charge on any atom is -0.478 e. The molecule has 2 aromatic rings. The van der Waals surface area contributed by atoms with Crippen molar-refractivity contribution < 1.29 is 22.7 Å². The van der Waals surface area contributed by atoms with Crippen LogP contribution in [-0.4, -0.2) is 24.5 Å². The molecule has 0 saturated carbocycles. The summed E-state index contributed by atoms with van der Waals surface area (Å²) in [5.41, 5.74) is -0.351. The van der Waals surface area contributed by atoms with Gasteiger partial charge in [-0.15, -0.1) is 0 Å². The number of aromatic carboxylic acids is 1. The zero-order chi connectivity index (χ0) is 15.6. The Bertz CT molecular complexity index is 793. The number of benzene rings is 1. The average molecular weight is 331 g/mol. The molecule has 1 heterocycles. The number of halogens is 2. The van der Waals surface area contributed by atoms with Crippen LogP contribution in [0.3, 0.4) is 0 Å². The number of nitrogens with one attached hydrogen (secondary N) is 1. The van der Waals surface area contributed by atoms with Crippen LogP contribution in [0.5, 0.6) is 0 Å². The second-order valence-electron chi connectivity index (χ2n) is 3.92. The number of carboxylic acid groups (broad SMARTS) is 1. The number of sulfonamides is 1. The van der Waals surface area contributed by atoms with E-state index in [1.165, 1.54) is 18.3 Å². The molecule has 0 spiro atoms. The van der Waals surface area contributed by atoms with Gasteiger partial charge in [-0.2, -0.15) is 0 Å². The smallest absolute Gasteiger partial charge is 0.335 e. The van der Waals surface area contributed by atoms with Gasteiger partial charge in [-0.1, -0.05) is 11.6 Å². The van der Waals surface area contributed by atoms with E-state index >= 15 is 0 Å². The second kappa shape index (κ2) is 5.66. The molecule has 0 aliphatic heterocycles. The summed E-state index contributed by atoms with van der Waals surface area (Å²) in [6.07, 6.45) is 1.23. The fraction of sp³-hybridized carbons (Fsp3) is 0. The van der Waals surface area contributed by atoms with Crippen molar-refractivity contribution >= 4 is 33.4 Å². The highest BCUT2D eigenvalue weighted by molar-refractivity contribution is 7.92. The number of rotatable bonds is 4. The van der Waals surface area contributed by atoms with Gasteiger partial charge in [-0.05, 0) is 30.3 Å². The summed E-state index contributed by atoms with van der Waals surface area (Å²) >= 11 is 5.62. The molecule has 2 N–H and O–H groups in total. The number of anilines is 1. The summed E-state index contributed by atoms with van der Waals surface area (Å²) in [4.78, 5) is 13.7. The van der Waals surface area contributed by atoms with E-state index in [1.54, 1.807) is 0 Å². The van der Waals surface area contributed by atoms with Gasteiger partial charge < -0.3 is 5.11 Å². The van der Waals surface area contributed by atoms with Crippen molar-refractivity contribution in [1.29, 1.82) is 0 Å². The van der Waals surface area contributed by atoms with Gasteiger partial charge in [0.15, 0.2) is 0 Å². The topological polar surface area (TPSA) is 96.4 Å². The number of pyridine rings is 1. The highest BCUT2D eigenvalue weighted by atomic mass is 35.5. The van der Waals surface area contributed by atoms with Gasteiger partial charge in [0, 0.05) is 6.20 Å². The molecule has 9 heteroatoms. The Morgan fingerprint density at radius 1 is 1.29 bits per heavy atom. The lowest BCUT2D eigenvalue weighted by molar-refractivity contribution is 0.0696. The first-order valence-electron chi connectivity index (χ1n) is 5.47. The van der Waals surface area contributed by atoms with Crippen molar-refractivity contribution in [1.82, 2.24) is 4.98 Å². The zero-order valence-electron chi connectivity index (χ0n) is 10.2. The molecule has 2 rings (SSSR count). The highest BCUT2D eigenvalue weighted by Gasteiger charge is 2.21. The molecule has 21 heavy (non-hydrogen) atoms. The third-order valence-electron chi connectivity index (χ3n) is 2.43. The number of carbonyl (C=O) groups is 1. The van der Waals surface area contributed by atoms with Crippen molar-refractivity contribution in [2.24, 2.45) is 0 Å². The van der Waals surface area contributed by atoms with E-state index in [4.69, 9.17) is 16.7 Å². The average Bonchev–Trinajstić information content (AvgIpc) is 2.40. The van der Waals surface area contributed by atoms with Crippen molar-refractivity contribution in [3.05, 3.63) is 52.9 Å². The predicted octanol–water partition coefficient (Wildman–Crippen LogP) is 2.37. The Morgan fingerprint density at radius 3 is 2.52 bits per heavy atom. The lowest BCUT2D eigenvalue weighted by Gasteiger charge is -2.08. The van der Waals surface area contributed by atoms with Crippen LogP contribution >= 0.6 is 11.6 Å². The number of hydrogen-bond acceptors (Lipinski definition) is 4. The van der Waals surface area contributed by atoms with Crippen molar-refractivity contribution in [3.63, 3.8) is 0 Å². The predicted molar refractivity (Wildman–Crippen MR) is 73.4 cm³/mol. The third-order valence-corrected chi connectivity index (χ3v) is 4.05. The van der Waals surface area contributed by atoms with E-state index in [0.29, 0.717) is 11.1 Å². The molecule has 0 unspecified atom stereocenters. The van der Waals surface area contributed by atoms with Gasteiger partial charge in [0.1, 0.15) is 16.5 Å². The Morgan fingerprint density at radius 2 is 2.00 bits per heavy atom. The fourth-order valence-corrected chi connectivity index (χ4v) is 2.66. The first-order valence-corrected chi connectivity index (χ1v) is 7.33. The van der Waals surface area contributed by atoms with E-state index in [0.717, 1.165) is 12.1 Å². The maximum atomic E-state index is 13.7. The van der Waals surface area contributed by atoms with Gasteiger partial charge in [0.2, 0.25) is 0 Å². The Balaban J connectivity index is 2.35. The second-order valence-corrected chi connectivity index (χ2v) is 6.00. The van der Waals surface area contributed by atoms with Crippen molar-refractivity contribution in [2.45, 2.75) is 4.90 Å². The van der Waals surface area contributed by atoms with Gasteiger partial charge in [-0.25, -0.2) is 22.6 Å². The largest absolute Gasteiger partial charge is 0.478 e. The van der Waals surface area contributed by atoms with Crippen molar-refractivity contribution in [2.75, 3.05) is 4.72 Å². The minimum atomic E-state index is -4.22. The summed E-state index contributed by atoms with van der Waals surface area (Å²) < 4.78 is 39.8. The van der Waals surface area contributed by atoms with Gasteiger partial charge in [-0.3, -0.25) is 4.72 Å². The quantitative estimate of drug-likeness (QED) is 0.897. The molecular weight excluding hydrogens is 323 g/mol. The van der Waals surface area contributed by atoms with Gasteiger partial charge >= 0.3 is 5.97 Å². The molecule has 6 nitrogen and oxygen atoms in total. The molecule has 0 amide bonds. The van der Waals surface area contributed by atoms with Gasteiger partial charge in [0.25, 0.3) is 10.0 Å². The number of nitrogens with zero attached hydrogens (tertiary/aromatic N) is 1. The molecular formula is C12H8ClFN2O4S. The summed E-state index contributed by atoms with van der Waals surface area (Å²) in [7, 11) is -4.22. The molecule has 0 saturated heterocycles. The van der Waals surface area contributed by atoms with Crippen LogP contribution in [0.2, 0.25) is 5.02 Å². The van der Waals surface area contributed by atoms with Crippen LogP contribution in [0.1, 0.15) is 10.4 Å². The third kappa shape index (κ3) is 3.47. The molecule has 0 aliphatic rings. The van der Waals surface area contributed by atoms with E-state index in [-0.39, 0.29) is 11.4 Å². The van der Waals surface area contributed by atoms with Gasteiger partial charge in [0.05, 0.1) is 10.6 Å². The molecule has 0 bridgehead atoms. The van der Waals surface area contributed by atoms with Crippen LogP contribution in [0.4, 0.5) is 10.2 Å².